The molecule has 2 aliphatic rings. The Morgan fingerprint density at radius 1 is 1.20 bits per heavy atom. The van der Waals surface area contributed by atoms with E-state index in [2.05, 4.69) is 4.90 Å². The van der Waals surface area contributed by atoms with Gasteiger partial charge in [-0.05, 0) is 43.7 Å². The van der Waals surface area contributed by atoms with Crippen molar-refractivity contribution in [2.45, 2.75) is 39.0 Å². The van der Waals surface area contributed by atoms with Gasteiger partial charge >= 0.3 is 5.97 Å². The molecule has 0 amide bonds. The highest BCUT2D eigenvalue weighted by Crippen LogP contribution is 2.38. The fourth-order valence-corrected chi connectivity index (χ4v) is 3.92. The minimum atomic E-state index is -0.811. The molecule has 3 heteroatoms. The average molecular weight is 273 g/mol. The van der Waals surface area contributed by atoms with E-state index in [-0.39, 0.29) is 0 Å². The molecule has 1 saturated heterocycles. The van der Waals surface area contributed by atoms with Crippen LogP contribution in [0.4, 0.5) is 5.69 Å². The highest BCUT2D eigenvalue weighted by atomic mass is 16.4. The summed E-state index contributed by atoms with van der Waals surface area (Å²) < 4.78 is 0. The Hall–Kier alpha value is -1.51. The van der Waals surface area contributed by atoms with Crippen LogP contribution in [0.2, 0.25) is 0 Å². The third kappa shape index (κ3) is 2.54. The largest absolute Gasteiger partial charge is 0.478 e. The number of carboxylic acid groups (broad SMARTS) is 1. The van der Waals surface area contributed by atoms with Gasteiger partial charge in [0.25, 0.3) is 0 Å². The maximum atomic E-state index is 11.5. The lowest BCUT2D eigenvalue weighted by Crippen LogP contribution is -2.42. The van der Waals surface area contributed by atoms with Gasteiger partial charge in [0.15, 0.2) is 0 Å². The lowest BCUT2D eigenvalue weighted by molar-refractivity contribution is 0.0697. The van der Waals surface area contributed by atoms with Crippen LogP contribution in [0.15, 0.2) is 18.2 Å². The molecule has 108 valence electrons. The van der Waals surface area contributed by atoms with E-state index in [1.807, 2.05) is 19.1 Å². The molecule has 1 aliphatic heterocycles. The average Bonchev–Trinajstić information content (AvgIpc) is 2.46. The Kier molecular flexibility index (Phi) is 3.68. The van der Waals surface area contributed by atoms with E-state index < -0.39 is 5.97 Å². The molecule has 1 N–H and O–H groups in total. The second kappa shape index (κ2) is 5.47. The van der Waals surface area contributed by atoms with Crippen molar-refractivity contribution >= 4 is 11.7 Å². The molecule has 1 heterocycles. The van der Waals surface area contributed by atoms with Gasteiger partial charge in [0.2, 0.25) is 0 Å². The van der Waals surface area contributed by atoms with Gasteiger partial charge < -0.3 is 10.0 Å². The Labute approximate surface area is 120 Å². The number of benzene rings is 1. The summed E-state index contributed by atoms with van der Waals surface area (Å²) in [4.78, 5) is 13.8. The van der Waals surface area contributed by atoms with Crippen molar-refractivity contribution in [2.24, 2.45) is 11.8 Å². The first kappa shape index (κ1) is 13.5. The van der Waals surface area contributed by atoms with E-state index >= 15 is 0 Å². The maximum absolute atomic E-state index is 11.5. The summed E-state index contributed by atoms with van der Waals surface area (Å²) in [6.07, 6.45) is 6.63. The van der Waals surface area contributed by atoms with Crippen molar-refractivity contribution in [3.63, 3.8) is 0 Å². The highest BCUT2D eigenvalue weighted by Gasteiger charge is 2.32. The van der Waals surface area contributed by atoms with Crippen LogP contribution < -0.4 is 4.90 Å². The van der Waals surface area contributed by atoms with E-state index in [0.717, 1.165) is 36.2 Å². The normalized spacial score (nSPS) is 26.1. The quantitative estimate of drug-likeness (QED) is 0.893. The lowest BCUT2D eigenvalue weighted by Gasteiger charge is -2.42. The van der Waals surface area contributed by atoms with Gasteiger partial charge in [0.1, 0.15) is 0 Å². The summed E-state index contributed by atoms with van der Waals surface area (Å²) in [6.45, 7) is 3.99. The maximum Gasteiger partial charge on any atom is 0.337 e. The smallest absolute Gasteiger partial charge is 0.337 e. The van der Waals surface area contributed by atoms with E-state index in [1.54, 1.807) is 6.07 Å². The van der Waals surface area contributed by atoms with Crippen molar-refractivity contribution in [1.29, 1.82) is 0 Å². The topological polar surface area (TPSA) is 40.5 Å². The molecule has 1 aromatic carbocycles. The number of fused-ring (bicyclic) bond motifs is 1. The van der Waals surface area contributed by atoms with Crippen molar-refractivity contribution in [1.82, 2.24) is 0 Å². The van der Waals surface area contributed by atoms with E-state index in [9.17, 15) is 9.90 Å². The van der Waals surface area contributed by atoms with Gasteiger partial charge in [0, 0.05) is 13.1 Å². The van der Waals surface area contributed by atoms with Crippen molar-refractivity contribution in [3.05, 3.63) is 29.3 Å². The van der Waals surface area contributed by atoms with Crippen molar-refractivity contribution in [3.8, 4) is 0 Å². The Morgan fingerprint density at radius 3 is 2.70 bits per heavy atom. The summed E-state index contributed by atoms with van der Waals surface area (Å²) in [5, 5.41) is 9.43. The Balaban J connectivity index is 1.84. The zero-order valence-electron chi connectivity index (χ0n) is 12.1. The van der Waals surface area contributed by atoms with Crippen LogP contribution in [0.5, 0.6) is 0 Å². The highest BCUT2D eigenvalue weighted by molar-refractivity contribution is 5.94. The number of hydrogen-bond acceptors (Lipinski definition) is 2. The number of nitrogens with zero attached hydrogens (tertiary/aromatic N) is 1. The van der Waals surface area contributed by atoms with Gasteiger partial charge in [-0.3, -0.25) is 0 Å². The molecular formula is C17H23NO2. The predicted octanol–water partition coefficient (Wildman–Crippen LogP) is 3.71. The summed E-state index contributed by atoms with van der Waals surface area (Å²) in [5.74, 6) is 0.827. The van der Waals surface area contributed by atoms with Gasteiger partial charge in [-0.25, -0.2) is 4.79 Å². The number of rotatable bonds is 2. The Bertz CT molecular complexity index is 512. The van der Waals surface area contributed by atoms with Crippen LogP contribution in [0.25, 0.3) is 0 Å². The summed E-state index contributed by atoms with van der Waals surface area (Å²) in [5.41, 5.74) is 2.38. The molecule has 20 heavy (non-hydrogen) atoms. The van der Waals surface area contributed by atoms with Gasteiger partial charge in [-0.1, -0.05) is 30.9 Å². The lowest BCUT2D eigenvalue weighted by atomic mass is 9.75. The monoisotopic (exact) mass is 273 g/mol. The summed E-state index contributed by atoms with van der Waals surface area (Å²) in [6, 6.07) is 5.81. The fraction of sp³-hybridized carbons (Fsp3) is 0.588. The van der Waals surface area contributed by atoms with Gasteiger partial charge in [0.05, 0.1) is 11.3 Å². The van der Waals surface area contributed by atoms with Crippen LogP contribution in [0.3, 0.4) is 0 Å². The van der Waals surface area contributed by atoms with Gasteiger partial charge in [-0.2, -0.15) is 0 Å². The number of carbonyl (C=O) groups is 1. The minimum absolute atomic E-state index is 0.458. The first-order valence-corrected chi connectivity index (χ1v) is 7.74. The molecule has 0 spiro atoms. The van der Waals surface area contributed by atoms with Crippen LogP contribution in [0.1, 0.15) is 48.0 Å². The number of aryl methyl sites for hydroxylation is 1. The second-order valence-electron chi connectivity index (χ2n) is 6.37. The van der Waals surface area contributed by atoms with Crippen LogP contribution in [0, 0.1) is 18.8 Å². The van der Waals surface area contributed by atoms with E-state index in [1.165, 1.54) is 32.1 Å². The molecule has 3 rings (SSSR count). The van der Waals surface area contributed by atoms with Gasteiger partial charge in [-0.15, -0.1) is 0 Å². The molecule has 2 unspecified atom stereocenters. The van der Waals surface area contributed by atoms with Crippen LogP contribution >= 0.6 is 0 Å². The third-order valence-electron chi connectivity index (χ3n) is 5.01. The predicted molar refractivity (Wildman–Crippen MR) is 80.4 cm³/mol. The molecule has 3 nitrogen and oxygen atoms in total. The summed E-state index contributed by atoms with van der Waals surface area (Å²) >= 11 is 0. The molecule has 2 fully saturated rings. The summed E-state index contributed by atoms with van der Waals surface area (Å²) in [7, 11) is 0. The minimum Gasteiger partial charge on any atom is -0.478 e. The first-order chi connectivity index (χ1) is 9.65. The van der Waals surface area contributed by atoms with E-state index in [0.29, 0.717) is 5.56 Å². The zero-order valence-corrected chi connectivity index (χ0v) is 12.1. The first-order valence-electron chi connectivity index (χ1n) is 7.74. The van der Waals surface area contributed by atoms with E-state index in [4.69, 9.17) is 0 Å². The molecule has 0 radical (unpaired) electrons. The number of carboxylic acids is 1. The standard InChI is InChI=1S/C17H23NO2/c1-12-6-7-16(15(10-12)17(19)20)18-9-8-13-4-2-3-5-14(13)11-18/h6-7,10,13-14H,2-5,8-9,11H2,1H3,(H,19,20). The number of hydrogen-bond donors (Lipinski definition) is 1. The Morgan fingerprint density at radius 2 is 1.95 bits per heavy atom. The molecule has 0 aromatic heterocycles. The van der Waals surface area contributed by atoms with Crippen LogP contribution in [-0.4, -0.2) is 24.2 Å². The number of aromatic carboxylic acids is 1. The number of piperidine rings is 1. The van der Waals surface area contributed by atoms with Crippen molar-refractivity contribution < 1.29 is 9.90 Å². The molecule has 1 aliphatic carbocycles. The molecule has 0 bridgehead atoms. The molecule has 1 saturated carbocycles. The molecular weight excluding hydrogens is 250 g/mol. The third-order valence-corrected chi connectivity index (χ3v) is 5.01. The molecule has 1 aromatic rings. The SMILES string of the molecule is Cc1ccc(N2CCC3CCCCC3C2)c(C(=O)O)c1. The van der Waals surface area contributed by atoms with Crippen molar-refractivity contribution in [2.75, 3.05) is 18.0 Å². The second-order valence-corrected chi connectivity index (χ2v) is 6.37. The number of anilines is 1. The molecule has 2 atom stereocenters. The fourth-order valence-electron chi connectivity index (χ4n) is 3.92. The zero-order chi connectivity index (χ0) is 14.1. The van der Waals surface area contributed by atoms with Crippen LogP contribution in [-0.2, 0) is 0 Å².